The van der Waals surface area contributed by atoms with Gasteiger partial charge < -0.3 is 15.4 Å². The van der Waals surface area contributed by atoms with Crippen LogP contribution in [0.2, 0.25) is 0 Å². The van der Waals surface area contributed by atoms with Crippen LogP contribution in [0.1, 0.15) is 37.8 Å². The SMILES string of the molecule is C[C@H](NC(=O)NCC[C@H]1CCCO1)c1ccc(-c2cccnc2)cc1. The fraction of sp³-hybridized carbons (Fsp3) is 0.400. The van der Waals surface area contributed by atoms with Crippen molar-refractivity contribution in [2.75, 3.05) is 13.2 Å². The molecule has 1 fully saturated rings. The molecule has 0 unspecified atom stereocenters. The van der Waals surface area contributed by atoms with E-state index in [0.717, 1.165) is 42.6 Å². The molecule has 2 aromatic rings. The van der Waals surface area contributed by atoms with E-state index < -0.39 is 0 Å². The molecule has 1 saturated heterocycles. The summed E-state index contributed by atoms with van der Waals surface area (Å²) in [6, 6.07) is 12.0. The lowest BCUT2D eigenvalue weighted by Crippen LogP contribution is -2.38. The van der Waals surface area contributed by atoms with E-state index in [1.165, 1.54) is 0 Å². The summed E-state index contributed by atoms with van der Waals surface area (Å²) in [5, 5.41) is 5.89. The Morgan fingerprint density at radius 3 is 2.80 bits per heavy atom. The highest BCUT2D eigenvalue weighted by Crippen LogP contribution is 2.21. The molecule has 25 heavy (non-hydrogen) atoms. The fourth-order valence-corrected chi connectivity index (χ4v) is 3.05. The molecule has 1 aliphatic rings. The van der Waals surface area contributed by atoms with Gasteiger partial charge in [0.05, 0.1) is 12.1 Å². The molecule has 2 amide bonds. The van der Waals surface area contributed by atoms with Gasteiger partial charge in [-0.05, 0) is 48.9 Å². The van der Waals surface area contributed by atoms with Gasteiger partial charge in [-0.3, -0.25) is 4.98 Å². The van der Waals surface area contributed by atoms with Gasteiger partial charge in [0, 0.05) is 25.5 Å². The number of ether oxygens (including phenoxy) is 1. The zero-order chi connectivity index (χ0) is 17.5. The van der Waals surface area contributed by atoms with Crippen LogP contribution < -0.4 is 10.6 Å². The van der Waals surface area contributed by atoms with Crippen LogP contribution in [0.25, 0.3) is 11.1 Å². The highest BCUT2D eigenvalue weighted by Gasteiger charge is 2.15. The van der Waals surface area contributed by atoms with E-state index in [1.807, 2.05) is 37.4 Å². The fourth-order valence-electron chi connectivity index (χ4n) is 3.05. The molecule has 1 aliphatic heterocycles. The number of rotatable bonds is 6. The Hall–Kier alpha value is -2.40. The van der Waals surface area contributed by atoms with E-state index >= 15 is 0 Å². The minimum Gasteiger partial charge on any atom is -0.378 e. The van der Waals surface area contributed by atoms with Gasteiger partial charge in [-0.15, -0.1) is 0 Å². The van der Waals surface area contributed by atoms with E-state index in [-0.39, 0.29) is 12.1 Å². The third-order valence-corrected chi connectivity index (χ3v) is 4.53. The maximum atomic E-state index is 12.0. The number of hydrogen-bond donors (Lipinski definition) is 2. The molecule has 3 rings (SSSR count). The normalized spacial score (nSPS) is 17.9. The molecule has 2 heterocycles. The Morgan fingerprint density at radius 1 is 1.28 bits per heavy atom. The summed E-state index contributed by atoms with van der Waals surface area (Å²) in [4.78, 5) is 16.2. The lowest BCUT2D eigenvalue weighted by atomic mass is 10.0. The number of nitrogens with zero attached hydrogens (tertiary/aromatic N) is 1. The molecule has 1 aromatic heterocycles. The second kappa shape index (κ2) is 8.62. The smallest absolute Gasteiger partial charge is 0.315 e. The third-order valence-electron chi connectivity index (χ3n) is 4.53. The minimum absolute atomic E-state index is 0.0503. The number of nitrogens with one attached hydrogen (secondary N) is 2. The van der Waals surface area contributed by atoms with Crippen LogP contribution in [-0.2, 0) is 4.74 Å². The molecule has 5 heteroatoms. The highest BCUT2D eigenvalue weighted by atomic mass is 16.5. The summed E-state index contributed by atoms with van der Waals surface area (Å²) >= 11 is 0. The van der Waals surface area contributed by atoms with Crippen LogP contribution in [0.4, 0.5) is 4.79 Å². The van der Waals surface area contributed by atoms with Gasteiger partial charge in [0.1, 0.15) is 0 Å². The molecular formula is C20H25N3O2. The Kier molecular flexibility index (Phi) is 6.01. The number of benzene rings is 1. The lowest BCUT2D eigenvalue weighted by molar-refractivity contribution is 0.104. The summed E-state index contributed by atoms with van der Waals surface area (Å²) in [5.41, 5.74) is 3.27. The van der Waals surface area contributed by atoms with Crippen LogP contribution in [0.15, 0.2) is 48.8 Å². The van der Waals surface area contributed by atoms with Crippen LogP contribution in [0.5, 0.6) is 0 Å². The van der Waals surface area contributed by atoms with Crippen molar-refractivity contribution in [3.63, 3.8) is 0 Å². The predicted octanol–water partition coefficient (Wildman–Crippen LogP) is 3.68. The molecule has 132 valence electrons. The van der Waals surface area contributed by atoms with Crippen molar-refractivity contribution in [2.24, 2.45) is 0 Å². The van der Waals surface area contributed by atoms with Crippen LogP contribution >= 0.6 is 0 Å². The van der Waals surface area contributed by atoms with Gasteiger partial charge >= 0.3 is 6.03 Å². The molecule has 0 bridgehead atoms. The number of pyridine rings is 1. The van der Waals surface area contributed by atoms with Gasteiger partial charge in [0.15, 0.2) is 0 Å². The van der Waals surface area contributed by atoms with Crippen LogP contribution in [-0.4, -0.2) is 30.3 Å². The zero-order valence-electron chi connectivity index (χ0n) is 14.6. The molecule has 0 aliphatic carbocycles. The second-order valence-corrected chi connectivity index (χ2v) is 6.41. The van der Waals surface area contributed by atoms with Gasteiger partial charge in [0.2, 0.25) is 0 Å². The van der Waals surface area contributed by atoms with Gasteiger partial charge in [-0.2, -0.15) is 0 Å². The molecule has 1 aromatic carbocycles. The Bertz CT molecular complexity index is 667. The largest absolute Gasteiger partial charge is 0.378 e. The maximum absolute atomic E-state index is 12.0. The van der Waals surface area contributed by atoms with Gasteiger partial charge in [0.25, 0.3) is 0 Å². The number of aromatic nitrogens is 1. The Morgan fingerprint density at radius 2 is 2.12 bits per heavy atom. The van der Waals surface area contributed by atoms with Crippen molar-refractivity contribution in [1.29, 1.82) is 0 Å². The second-order valence-electron chi connectivity index (χ2n) is 6.41. The topological polar surface area (TPSA) is 63.2 Å². The first-order chi connectivity index (χ1) is 12.2. The number of carbonyl (C=O) groups excluding carboxylic acids is 1. The quantitative estimate of drug-likeness (QED) is 0.844. The molecule has 2 N–H and O–H groups in total. The molecular weight excluding hydrogens is 314 g/mol. The first-order valence-electron chi connectivity index (χ1n) is 8.89. The van der Waals surface area contributed by atoms with Crippen molar-refractivity contribution in [3.8, 4) is 11.1 Å². The molecule has 0 spiro atoms. The van der Waals surface area contributed by atoms with E-state index in [0.29, 0.717) is 12.6 Å². The number of hydrogen-bond acceptors (Lipinski definition) is 3. The summed E-state index contributed by atoms with van der Waals surface area (Å²) in [6.07, 6.45) is 7.02. The van der Waals surface area contributed by atoms with Crippen LogP contribution in [0.3, 0.4) is 0 Å². The lowest BCUT2D eigenvalue weighted by Gasteiger charge is -2.16. The number of amides is 2. The first kappa shape index (κ1) is 17.4. The van der Waals surface area contributed by atoms with E-state index in [1.54, 1.807) is 6.20 Å². The average Bonchev–Trinajstić information content (AvgIpc) is 3.16. The van der Waals surface area contributed by atoms with E-state index in [9.17, 15) is 4.79 Å². The van der Waals surface area contributed by atoms with Crippen molar-refractivity contribution in [2.45, 2.75) is 38.3 Å². The summed E-state index contributed by atoms with van der Waals surface area (Å²) in [5.74, 6) is 0. The van der Waals surface area contributed by atoms with Crippen LogP contribution in [0, 0.1) is 0 Å². The average molecular weight is 339 g/mol. The monoisotopic (exact) mass is 339 g/mol. The Balaban J connectivity index is 1.47. The van der Waals surface area contributed by atoms with Crippen molar-refractivity contribution >= 4 is 6.03 Å². The number of carbonyl (C=O) groups is 1. The minimum atomic E-state index is -0.137. The Labute approximate surface area is 148 Å². The molecule has 0 radical (unpaired) electrons. The molecule has 5 nitrogen and oxygen atoms in total. The van der Waals surface area contributed by atoms with E-state index in [2.05, 4.69) is 27.8 Å². The van der Waals surface area contributed by atoms with Gasteiger partial charge in [-0.25, -0.2) is 4.79 Å². The van der Waals surface area contributed by atoms with Crippen molar-refractivity contribution < 1.29 is 9.53 Å². The zero-order valence-corrected chi connectivity index (χ0v) is 14.6. The van der Waals surface area contributed by atoms with E-state index in [4.69, 9.17) is 4.74 Å². The summed E-state index contributed by atoms with van der Waals surface area (Å²) < 4.78 is 5.56. The maximum Gasteiger partial charge on any atom is 0.315 e. The summed E-state index contributed by atoms with van der Waals surface area (Å²) in [6.45, 7) is 3.48. The van der Waals surface area contributed by atoms with Crippen molar-refractivity contribution in [1.82, 2.24) is 15.6 Å². The van der Waals surface area contributed by atoms with Gasteiger partial charge in [-0.1, -0.05) is 30.3 Å². The number of urea groups is 1. The predicted molar refractivity (Wildman–Crippen MR) is 98.2 cm³/mol. The third kappa shape index (κ3) is 5.03. The standard InChI is InChI=1S/C20H25N3O2/c1-15(23-20(24)22-12-10-19-5-3-13-25-19)16-6-8-17(9-7-16)18-4-2-11-21-14-18/h2,4,6-9,11,14-15,19H,3,5,10,12-13H2,1H3,(H2,22,23,24)/t15-,19+/m0/s1. The first-order valence-corrected chi connectivity index (χ1v) is 8.89. The highest BCUT2D eigenvalue weighted by molar-refractivity contribution is 5.74. The van der Waals surface area contributed by atoms with Crippen molar-refractivity contribution in [3.05, 3.63) is 54.4 Å². The molecule has 0 saturated carbocycles. The summed E-state index contributed by atoms with van der Waals surface area (Å²) in [7, 11) is 0. The molecule has 2 atom stereocenters.